The number of hydrogen-bond acceptors (Lipinski definition) is 10. The van der Waals surface area contributed by atoms with Gasteiger partial charge in [-0.2, -0.15) is 19.3 Å². The zero-order chi connectivity index (χ0) is 28.2. The molecule has 3 aromatic rings. The first-order chi connectivity index (χ1) is 18.6. The summed E-state index contributed by atoms with van der Waals surface area (Å²) in [6.07, 6.45) is 6.22. The van der Waals surface area contributed by atoms with Gasteiger partial charge in [-0.15, -0.1) is 6.42 Å². The third kappa shape index (κ3) is 6.63. The third-order valence-corrected chi connectivity index (χ3v) is 6.66. The summed E-state index contributed by atoms with van der Waals surface area (Å²) < 4.78 is 26.3. The molecule has 0 spiro atoms. The summed E-state index contributed by atoms with van der Waals surface area (Å²) in [5.74, 6) is 3.92. The fourth-order valence-corrected chi connectivity index (χ4v) is 4.99. The maximum atomic E-state index is 14.5. The molecule has 0 unspecified atom stereocenters. The van der Waals surface area contributed by atoms with E-state index in [0.717, 1.165) is 31.9 Å². The second-order valence-electron chi connectivity index (χ2n) is 9.48. The average molecular weight is 574 g/mol. The molecule has 0 saturated carbocycles. The van der Waals surface area contributed by atoms with Crippen LogP contribution >= 0.6 is 23.1 Å². The molecule has 39 heavy (non-hydrogen) atoms. The van der Waals surface area contributed by atoms with Crippen molar-refractivity contribution in [1.29, 1.82) is 0 Å². The predicted molar refractivity (Wildman–Crippen MR) is 149 cm³/mol. The van der Waals surface area contributed by atoms with Gasteiger partial charge < -0.3 is 19.9 Å². The van der Waals surface area contributed by atoms with E-state index in [1.165, 1.54) is 28.6 Å². The van der Waals surface area contributed by atoms with Crippen LogP contribution in [-0.4, -0.2) is 56.0 Å². The van der Waals surface area contributed by atoms with Crippen molar-refractivity contribution in [2.24, 2.45) is 10.4 Å². The molecule has 2 aliphatic rings. The number of rotatable bonds is 6. The molecule has 0 aliphatic carbocycles. The average Bonchev–Trinajstić information content (AvgIpc) is 3.37. The van der Waals surface area contributed by atoms with E-state index in [9.17, 15) is 9.18 Å². The topological polar surface area (TPSA) is 122 Å². The van der Waals surface area contributed by atoms with Gasteiger partial charge in [-0.25, -0.2) is 9.38 Å². The molecule has 0 fully saturated rings. The molecule has 0 bridgehead atoms. The minimum Gasteiger partial charge on any atom is -0.481 e. The molecule has 11 nitrogen and oxygen atoms in total. The summed E-state index contributed by atoms with van der Waals surface area (Å²) in [4.78, 5) is 30.4. The molecule has 206 valence electrons. The first-order valence-corrected chi connectivity index (χ1v) is 13.5. The van der Waals surface area contributed by atoms with Crippen molar-refractivity contribution in [3.63, 3.8) is 0 Å². The Labute approximate surface area is 234 Å². The van der Waals surface area contributed by atoms with Crippen LogP contribution in [-0.2, 0) is 17.8 Å². The minimum absolute atomic E-state index is 0.0964. The Morgan fingerprint density at radius 3 is 2.56 bits per heavy atom. The van der Waals surface area contributed by atoms with E-state index in [2.05, 4.69) is 54.7 Å². The Hall–Kier alpha value is -3.76. The number of aromatic nitrogens is 5. The number of terminal acetylenes is 1. The summed E-state index contributed by atoms with van der Waals surface area (Å²) in [5, 5.41) is 6.12. The van der Waals surface area contributed by atoms with Crippen molar-refractivity contribution >= 4 is 52.3 Å². The molecule has 14 heteroatoms. The Bertz CT molecular complexity index is 1460. The van der Waals surface area contributed by atoms with Crippen LogP contribution in [0.3, 0.4) is 0 Å². The maximum Gasteiger partial charge on any atom is 0.265 e. The van der Waals surface area contributed by atoms with Crippen molar-refractivity contribution in [3.05, 3.63) is 33.9 Å². The van der Waals surface area contributed by atoms with E-state index in [-0.39, 0.29) is 35.4 Å². The number of amides is 1. The van der Waals surface area contributed by atoms with E-state index < -0.39 is 5.82 Å². The number of carbonyl (C=O) groups is 1. The molecule has 2 aliphatic heterocycles. The molecule has 2 N–H and O–H groups in total. The zero-order valence-electron chi connectivity index (χ0n) is 22.1. The summed E-state index contributed by atoms with van der Waals surface area (Å²) in [6.45, 7) is 10.5. The lowest BCUT2D eigenvalue weighted by Crippen LogP contribution is -2.39. The minimum atomic E-state index is -0.515. The van der Waals surface area contributed by atoms with Crippen LogP contribution < -0.4 is 25.1 Å². The van der Waals surface area contributed by atoms with Crippen LogP contribution in [0.2, 0.25) is 5.28 Å². The van der Waals surface area contributed by atoms with E-state index in [0.29, 0.717) is 28.1 Å². The lowest BCUT2D eigenvalue weighted by Gasteiger charge is -2.28. The third-order valence-electron chi connectivity index (χ3n) is 5.71. The molecule has 1 aromatic carbocycles. The molecule has 4 heterocycles. The number of hydrogen-bond donors (Lipinski definition) is 2. The number of anilines is 3. The number of fused-ring (bicyclic) bond motifs is 2. The lowest BCUT2D eigenvalue weighted by atomic mass is 9.92. The summed E-state index contributed by atoms with van der Waals surface area (Å²) in [7, 11) is 0. The van der Waals surface area contributed by atoms with Gasteiger partial charge in [-0.1, -0.05) is 19.8 Å². The van der Waals surface area contributed by atoms with Crippen molar-refractivity contribution in [1.82, 2.24) is 23.9 Å². The highest BCUT2D eigenvalue weighted by Gasteiger charge is 2.31. The van der Waals surface area contributed by atoms with E-state index in [1.54, 1.807) is 0 Å². The SMILES string of the molecule is C#CCN1C(=O)COc2cc(F)c(/N=c3\snc4n3CC(C)(C)C4)cc21.CCNc1nc(Cl)nc(NCC)n1. The maximum absolute atomic E-state index is 14.5. The van der Waals surface area contributed by atoms with Gasteiger partial charge in [0.1, 0.15) is 17.3 Å². The Morgan fingerprint density at radius 2 is 1.92 bits per heavy atom. The number of ether oxygens (including phenoxy) is 1. The number of nitrogens with zero attached hydrogens (tertiary/aromatic N) is 7. The van der Waals surface area contributed by atoms with Crippen molar-refractivity contribution in [3.8, 4) is 18.1 Å². The van der Waals surface area contributed by atoms with Crippen LogP contribution in [0.25, 0.3) is 0 Å². The molecule has 0 saturated heterocycles. The van der Waals surface area contributed by atoms with Gasteiger partial charge >= 0.3 is 0 Å². The zero-order valence-corrected chi connectivity index (χ0v) is 23.7. The van der Waals surface area contributed by atoms with Crippen LogP contribution in [0.1, 0.15) is 33.5 Å². The van der Waals surface area contributed by atoms with E-state index in [4.69, 9.17) is 22.8 Å². The second-order valence-corrected chi connectivity index (χ2v) is 10.5. The van der Waals surface area contributed by atoms with Gasteiger partial charge in [0.15, 0.2) is 12.4 Å². The van der Waals surface area contributed by atoms with Gasteiger partial charge in [0.2, 0.25) is 22.0 Å². The van der Waals surface area contributed by atoms with Crippen molar-refractivity contribution < 1.29 is 13.9 Å². The fourth-order valence-electron chi connectivity index (χ4n) is 4.07. The Morgan fingerprint density at radius 1 is 1.23 bits per heavy atom. The quantitative estimate of drug-likeness (QED) is 0.429. The molecule has 5 rings (SSSR count). The first kappa shape index (κ1) is 28.3. The largest absolute Gasteiger partial charge is 0.481 e. The highest BCUT2D eigenvalue weighted by molar-refractivity contribution is 7.02. The molecule has 0 radical (unpaired) electrons. The molecule has 1 amide bonds. The summed E-state index contributed by atoms with van der Waals surface area (Å²) in [5.41, 5.74) is 0.678. The van der Waals surface area contributed by atoms with Crippen LogP contribution in [0.5, 0.6) is 5.75 Å². The first-order valence-electron chi connectivity index (χ1n) is 12.3. The van der Waals surface area contributed by atoms with E-state index in [1.807, 2.05) is 18.4 Å². The fraction of sp³-hybridized carbons (Fsp3) is 0.440. The van der Waals surface area contributed by atoms with Crippen molar-refractivity contribution in [2.75, 3.05) is 41.8 Å². The number of halogens is 2. The van der Waals surface area contributed by atoms with Gasteiger partial charge in [0.25, 0.3) is 5.91 Å². The predicted octanol–water partition coefficient (Wildman–Crippen LogP) is 3.65. The van der Waals surface area contributed by atoms with Crippen LogP contribution in [0.4, 0.5) is 27.7 Å². The van der Waals surface area contributed by atoms with Gasteiger partial charge in [0, 0.05) is 43.7 Å². The van der Waals surface area contributed by atoms with Crippen LogP contribution in [0.15, 0.2) is 17.1 Å². The second kappa shape index (κ2) is 12.0. The van der Waals surface area contributed by atoms with E-state index >= 15 is 0 Å². The van der Waals surface area contributed by atoms with Gasteiger partial charge in [-0.05, 0) is 36.9 Å². The standard InChI is InChI=1S/C18H17FN4O2S.C7H12ClN5/c1-4-5-22-13-7-12(11(19)6-14(13)25-9-16(22)24)20-17-23-10-18(2,3)8-15(23)21-26-17;1-3-9-6-11-5(8)12-7(13-6)10-4-2/h1,6-7H,5,8-10H2,2-3H3;3-4H2,1-2H3,(H2,9,10,11,12,13)/b20-17-;. The normalized spacial score (nSPS) is 15.5. The highest BCUT2D eigenvalue weighted by Crippen LogP contribution is 2.37. The highest BCUT2D eigenvalue weighted by atomic mass is 35.5. The smallest absolute Gasteiger partial charge is 0.265 e. The molecular formula is C25H29ClFN9O2S. The van der Waals surface area contributed by atoms with Crippen molar-refractivity contribution in [2.45, 2.75) is 40.7 Å². The van der Waals surface area contributed by atoms with Crippen LogP contribution in [0, 0.1) is 23.6 Å². The monoisotopic (exact) mass is 573 g/mol. The molecular weight excluding hydrogens is 545 g/mol. The number of nitrogens with one attached hydrogen (secondary N) is 2. The Kier molecular flexibility index (Phi) is 8.66. The number of carbonyl (C=O) groups excluding carboxylic acids is 1. The van der Waals surface area contributed by atoms with Gasteiger partial charge in [0.05, 0.1) is 12.2 Å². The summed E-state index contributed by atoms with van der Waals surface area (Å²) >= 11 is 6.92. The molecule has 2 aromatic heterocycles. The number of benzene rings is 1. The Balaban J connectivity index is 0.000000229. The van der Waals surface area contributed by atoms with Gasteiger partial charge in [-0.3, -0.25) is 9.69 Å². The molecule has 0 atom stereocenters. The summed E-state index contributed by atoms with van der Waals surface area (Å²) in [6, 6.07) is 2.76. The lowest BCUT2D eigenvalue weighted by molar-refractivity contribution is -0.121.